The zero-order chi connectivity index (χ0) is 24.6. The van der Waals surface area contributed by atoms with E-state index >= 15 is 0 Å². The van der Waals surface area contributed by atoms with Crippen LogP contribution in [0.2, 0.25) is 0 Å². The van der Waals surface area contributed by atoms with Crippen LogP contribution in [-0.2, 0) is 14.8 Å². The summed E-state index contributed by atoms with van der Waals surface area (Å²) in [5.41, 5.74) is 3.40. The first-order chi connectivity index (χ1) is 16.8. The number of sulfonamides is 1. The molecule has 35 heavy (non-hydrogen) atoms. The summed E-state index contributed by atoms with van der Waals surface area (Å²) in [6, 6.07) is 13.2. The summed E-state index contributed by atoms with van der Waals surface area (Å²) >= 11 is 0. The second-order valence-electron chi connectivity index (χ2n) is 8.67. The number of piperazine rings is 1. The van der Waals surface area contributed by atoms with Crippen molar-refractivity contribution in [2.45, 2.75) is 0 Å². The highest BCUT2D eigenvalue weighted by Gasteiger charge is 2.27. The van der Waals surface area contributed by atoms with Crippen LogP contribution in [-0.4, -0.2) is 92.5 Å². The zero-order valence-electron chi connectivity index (χ0n) is 19.4. The van der Waals surface area contributed by atoms with E-state index in [0.29, 0.717) is 69.2 Å². The third kappa shape index (κ3) is 4.79. The molecule has 5 rings (SSSR count). The minimum absolute atomic E-state index is 0.0730. The number of carboxylic acid groups (broad SMARTS) is 1. The minimum Gasteiger partial charge on any atom is -0.477 e. The number of anilines is 2. The van der Waals surface area contributed by atoms with Gasteiger partial charge in [0.05, 0.1) is 30.7 Å². The lowest BCUT2D eigenvalue weighted by molar-refractivity contribution is 0.0691. The smallest absolute Gasteiger partial charge is 0.354 e. The van der Waals surface area contributed by atoms with E-state index in [1.54, 1.807) is 6.07 Å². The van der Waals surface area contributed by atoms with E-state index in [4.69, 9.17) is 9.72 Å². The number of hydrogen-bond acceptors (Lipinski definition) is 8. The normalized spacial score (nSPS) is 17.6. The number of carbonyl (C=O) groups is 1. The maximum absolute atomic E-state index is 12.0. The van der Waals surface area contributed by atoms with Crippen LogP contribution in [0.25, 0.3) is 22.2 Å². The van der Waals surface area contributed by atoms with Gasteiger partial charge in [0.1, 0.15) is 11.3 Å². The van der Waals surface area contributed by atoms with Crippen molar-refractivity contribution in [2.24, 2.45) is 0 Å². The predicted octanol–water partition coefficient (Wildman–Crippen LogP) is 1.91. The number of pyridine rings is 2. The Hall–Kier alpha value is -3.28. The van der Waals surface area contributed by atoms with Gasteiger partial charge in [0.2, 0.25) is 10.0 Å². The summed E-state index contributed by atoms with van der Waals surface area (Å²) in [6.45, 7) is 4.11. The van der Waals surface area contributed by atoms with E-state index in [1.807, 2.05) is 41.3 Å². The first-order valence-electron chi connectivity index (χ1n) is 11.5. The van der Waals surface area contributed by atoms with Crippen LogP contribution in [0.5, 0.6) is 0 Å². The highest BCUT2D eigenvalue weighted by molar-refractivity contribution is 7.88. The number of aromatic carboxylic acids is 1. The van der Waals surface area contributed by atoms with Gasteiger partial charge >= 0.3 is 5.97 Å². The molecule has 2 aromatic heterocycles. The van der Waals surface area contributed by atoms with Crippen LogP contribution < -0.4 is 9.80 Å². The Labute approximate surface area is 203 Å². The van der Waals surface area contributed by atoms with Gasteiger partial charge in [-0.1, -0.05) is 30.3 Å². The number of fused-ring (bicyclic) bond motifs is 1. The highest BCUT2D eigenvalue weighted by Crippen LogP contribution is 2.36. The van der Waals surface area contributed by atoms with Crippen LogP contribution in [0.1, 0.15) is 10.5 Å². The Morgan fingerprint density at radius 2 is 1.60 bits per heavy atom. The number of aromatic nitrogens is 2. The van der Waals surface area contributed by atoms with Crippen LogP contribution in [0.4, 0.5) is 11.5 Å². The van der Waals surface area contributed by atoms with E-state index in [1.165, 1.54) is 10.6 Å². The van der Waals surface area contributed by atoms with Crippen LogP contribution >= 0.6 is 0 Å². The first kappa shape index (κ1) is 23.5. The first-order valence-corrected chi connectivity index (χ1v) is 13.3. The predicted molar refractivity (Wildman–Crippen MR) is 134 cm³/mol. The molecule has 2 fully saturated rings. The molecule has 1 N–H and O–H groups in total. The summed E-state index contributed by atoms with van der Waals surface area (Å²) in [5.74, 6) is -0.347. The van der Waals surface area contributed by atoms with Gasteiger partial charge < -0.3 is 19.6 Å². The van der Waals surface area contributed by atoms with Gasteiger partial charge in [-0.05, 0) is 17.7 Å². The van der Waals surface area contributed by atoms with Gasteiger partial charge in [0.25, 0.3) is 0 Å². The summed E-state index contributed by atoms with van der Waals surface area (Å²) in [5, 5.41) is 9.82. The Morgan fingerprint density at radius 3 is 2.23 bits per heavy atom. The Morgan fingerprint density at radius 1 is 0.914 bits per heavy atom. The molecule has 184 valence electrons. The van der Waals surface area contributed by atoms with Crippen molar-refractivity contribution in [1.29, 1.82) is 0 Å². The SMILES string of the molecule is CS(=O)(=O)N1CCN(c2cc(C(=O)O)nc3c(-c4ccccc4)cc(N4CCOCC4)nc23)CC1. The highest BCUT2D eigenvalue weighted by atomic mass is 32.2. The van der Waals surface area contributed by atoms with Crippen LogP contribution in [0, 0.1) is 0 Å². The number of nitrogens with zero attached hydrogens (tertiary/aromatic N) is 5. The van der Waals surface area contributed by atoms with Crippen molar-refractivity contribution in [2.75, 3.05) is 68.5 Å². The van der Waals surface area contributed by atoms with Crippen molar-refractivity contribution in [3.8, 4) is 11.1 Å². The van der Waals surface area contributed by atoms with E-state index < -0.39 is 16.0 Å². The fourth-order valence-corrected chi connectivity index (χ4v) is 5.40. The number of morpholine rings is 1. The molecule has 0 saturated carbocycles. The molecule has 4 heterocycles. The summed E-state index contributed by atoms with van der Waals surface area (Å²) in [4.78, 5) is 25.7. The average Bonchev–Trinajstić information content (AvgIpc) is 2.88. The number of rotatable bonds is 5. The van der Waals surface area contributed by atoms with Gasteiger partial charge in [-0.15, -0.1) is 0 Å². The van der Waals surface area contributed by atoms with Crippen molar-refractivity contribution < 1.29 is 23.1 Å². The van der Waals surface area contributed by atoms with Crippen molar-refractivity contribution in [3.63, 3.8) is 0 Å². The molecule has 0 amide bonds. The molecule has 0 spiro atoms. The topological polar surface area (TPSA) is 116 Å². The van der Waals surface area contributed by atoms with Crippen LogP contribution in [0.15, 0.2) is 42.5 Å². The van der Waals surface area contributed by atoms with Gasteiger partial charge in [0.15, 0.2) is 5.69 Å². The van der Waals surface area contributed by atoms with Gasteiger partial charge in [-0.3, -0.25) is 0 Å². The molecule has 2 aliphatic heterocycles. The number of benzene rings is 1. The lowest BCUT2D eigenvalue weighted by Crippen LogP contribution is -2.48. The van der Waals surface area contributed by atoms with Crippen LogP contribution in [0.3, 0.4) is 0 Å². The molecule has 11 heteroatoms. The molecular weight excluding hydrogens is 470 g/mol. The number of hydrogen-bond donors (Lipinski definition) is 1. The Bertz CT molecular complexity index is 1350. The minimum atomic E-state index is -3.29. The van der Waals surface area contributed by atoms with Crippen molar-refractivity contribution >= 4 is 38.5 Å². The molecular formula is C24H27N5O5S. The molecule has 0 radical (unpaired) electrons. The summed E-state index contributed by atoms with van der Waals surface area (Å²) in [7, 11) is -3.29. The summed E-state index contributed by atoms with van der Waals surface area (Å²) < 4.78 is 30.9. The molecule has 0 atom stereocenters. The maximum atomic E-state index is 12.0. The van der Waals surface area contributed by atoms with Gasteiger partial charge in [0, 0.05) is 44.8 Å². The van der Waals surface area contributed by atoms with Gasteiger partial charge in [-0.2, -0.15) is 4.31 Å². The lowest BCUT2D eigenvalue weighted by Gasteiger charge is -2.35. The third-order valence-corrected chi connectivity index (χ3v) is 7.72. The van der Waals surface area contributed by atoms with Crippen molar-refractivity contribution in [3.05, 3.63) is 48.2 Å². The van der Waals surface area contributed by atoms with Gasteiger partial charge in [-0.25, -0.2) is 23.2 Å². The van der Waals surface area contributed by atoms with E-state index in [9.17, 15) is 18.3 Å². The maximum Gasteiger partial charge on any atom is 0.354 e. The molecule has 3 aromatic rings. The van der Waals surface area contributed by atoms with E-state index in [0.717, 1.165) is 16.9 Å². The fourth-order valence-electron chi connectivity index (χ4n) is 4.57. The fraction of sp³-hybridized carbons (Fsp3) is 0.375. The molecule has 0 unspecified atom stereocenters. The molecule has 0 bridgehead atoms. The molecule has 2 saturated heterocycles. The lowest BCUT2D eigenvalue weighted by atomic mass is 10.0. The second-order valence-corrected chi connectivity index (χ2v) is 10.7. The Balaban J connectivity index is 1.69. The molecule has 2 aliphatic rings. The third-order valence-electron chi connectivity index (χ3n) is 6.41. The quantitative estimate of drug-likeness (QED) is 0.564. The standard InChI is InChI=1S/C24H27N5O5S/c1-35(32,33)29-9-7-27(8-10-29)20-16-19(24(30)31)25-22-18(17-5-3-2-4-6-17)15-21(26-23(20)22)28-11-13-34-14-12-28/h2-6,15-16H,7-14H2,1H3,(H,30,31). The summed E-state index contributed by atoms with van der Waals surface area (Å²) in [6.07, 6.45) is 1.20. The largest absolute Gasteiger partial charge is 0.477 e. The van der Waals surface area contributed by atoms with E-state index in [2.05, 4.69) is 9.88 Å². The average molecular weight is 498 g/mol. The zero-order valence-corrected chi connectivity index (χ0v) is 20.2. The molecule has 0 aliphatic carbocycles. The molecule has 10 nitrogen and oxygen atoms in total. The monoisotopic (exact) mass is 497 g/mol. The van der Waals surface area contributed by atoms with Crippen molar-refractivity contribution in [1.82, 2.24) is 14.3 Å². The molecule has 1 aromatic carbocycles. The second kappa shape index (κ2) is 9.40. The van der Waals surface area contributed by atoms with E-state index in [-0.39, 0.29) is 5.69 Å². The number of ether oxygens (including phenoxy) is 1. The Kier molecular flexibility index (Phi) is 6.30. The number of carboxylic acids is 1.